The predicted molar refractivity (Wildman–Crippen MR) is 82.6 cm³/mol. The van der Waals surface area contributed by atoms with Gasteiger partial charge < -0.3 is 19.9 Å². The predicted octanol–water partition coefficient (Wildman–Crippen LogP) is 1.92. The summed E-state index contributed by atoms with van der Waals surface area (Å²) in [6.45, 7) is 4.59. The van der Waals surface area contributed by atoms with Crippen molar-refractivity contribution in [2.24, 2.45) is 5.73 Å². The first-order chi connectivity index (χ1) is 10.6. The molecule has 1 amide bonds. The van der Waals surface area contributed by atoms with Gasteiger partial charge in [-0.15, -0.1) is 0 Å². The standard InChI is InChI=1S/C16H21NO5/c1-3-9-21-13-7-5-12(10-14(13)20-4-2)6-8-16(19)22-11-15(17)18/h5-8,10H,3-4,9,11H2,1-2H3,(H2,17,18)/b8-6+. The first kappa shape index (κ1) is 17.6. The first-order valence-corrected chi connectivity index (χ1v) is 7.09. The molecule has 22 heavy (non-hydrogen) atoms. The average molecular weight is 307 g/mol. The van der Waals surface area contributed by atoms with Gasteiger partial charge in [0.1, 0.15) is 0 Å². The third-order valence-electron chi connectivity index (χ3n) is 2.50. The lowest BCUT2D eigenvalue weighted by Gasteiger charge is -2.11. The smallest absolute Gasteiger partial charge is 0.331 e. The Labute approximate surface area is 129 Å². The van der Waals surface area contributed by atoms with E-state index in [1.165, 1.54) is 6.08 Å². The molecule has 1 aromatic rings. The van der Waals surface area contributed by atoms with E-state index in [1.54, 1.807) is 24.3 Å². The average Bonchev–Trinajstić information content (AvgIpc) is 2.50. The van der Waals surface area contributed by atoms with Crippen LogP contribution in [0.3, 0.4) is 0 Å². The van der Waals surface area contributed by atoms with Gasteiger partial charge in [0.2, 0.25) is 0 Å². The van der Waals surface area contributed by atoms with E-state index in [9.17, 15) is 9.59 Å². The highest BCUT2D eigenvalue weighted by molar-refractivity contribution is 5.89. The van der Waals surface area contributed by atoms with Crippen molar-refractivity contribution >= 4 is 18.0 Å². The van der Waals surface area contributed by atoms with Gasteiger partial charge in [0, 0.05) is 6.08 Å². The summed E-state index contributed by atoms with van der Waals surface area (Å²) in [6.07, 6.45) is 3.69. The van der Waals surface area contributed by atoms with Crippen molar-refractivity contribution < 1.29 is 23.8 Å². The number of hydrogen-bond donors (Lipinski definition) is 1. The molecule has 0 atom stereocenters. The van der Waals surface area contributed by atoms with E-state index < -0.39 is 18.5 Å². The quantitative estimate of drug-likeness (QED) is 0.556. The van der Waals surface area contributed by atoms with E-state index >= 15 is 0 Å². The second-order valence-corrected chi connectivity index (χ2v) is 4.40. The Balaban J connectivity index is 2.76. The highest BCUT2D eigenvalue weighted by atomic mass is 16.5. The number of ether oxygens (including phenoxy) is 3. The van der Waals surface area contributed by atoms with Crippen LogP contribution in [0, 0.1) is 0 Å². The molecule has 1 rings (SSSR count). The van der Waals surface area contributed by atoms with Crippen LogP contribution in [0.5, 0.6) is 11.5 Å². The molecular formula is C16H21NO5. The molecular weight excluding hydrogens is 286 g/mol. The number of carbonyl (C=O) groups excluding carboxylic acids is 2. The minimum Gasteiger partial charge on any atom is -0.490 e. The Morgan fingerprint density at radius 2 is 1.95 bits per heavy atom. The number of amides is 1. The summed E-state index contributed by atoms with van der Waals surface area (Å²) in [5, 5.41) is 0. The minimum atomic E-state index is -0.696. The molecule has 0 saturated heterocycles. The van der Waals surface area contributed by atoms with Gasteiger partial charge in [-0.2, -0.15) is 0 Å². The molecule has 0 saturated carbocycles. The second kappa shape index (κ2) is 9.44. The van der Waals surface area contributed by atoms with Crippen LogP contribution < -0.4 is 15.2 Å². The molecule has 6 nitrogen and oxygen atoms in total. The molecule has 0 spiro atoms. The van der Waals surface area contributed by atoms with Crippen molar-refractivity contribution in [3.8, 4) is 11.5 Å². The van der Waals surface area contributed by atoms with E-state index in [0.717, 1.165) is 12.0 Å². The number of rotatable bonds is 9. The van der Waals surface area contributed by atoms with Gasteiger partial charge >= 0.3 is 5.97 Å². The molecule has 0 fully saturated rings. The highest BCUT2D eigenvalue weighted by Gasteiger charge is 2.06. The fourth-order valence-corrected chi connectivity index (χ4v) is 1.58. The summed E-state index contributed by atoms with van der Waals surface area (Å²) < 4.78 is 15.7. The van der Waals surface area contributed by atoms with Crippen molar-refractivity contribution in [2.75, 3.05) is 19.8 Å². The summed E-state index contributed by atoms with van der Waals surface area (Å²) in [6, 6.07) is 5.35. The zero-order chi connectivity index (χ0) is 16.4. The highest BCUT2D eigenvalue weighted by Crippen LogP contribution is 2.29. The Bertz CT molecular complexity index is 539. The summed E-state index contributed by atoms with van der Waals surface area (Å²) in [5.41, 5.74) is 5.64. The monoisotopic (exact) mass is 307 g/mol. The van der Waals surface area contributed by atoms with Gasteiger partial charge in [0.25, 0.3) is 5.91 Å². The summed E-state index contributed by atoms with van der Waals surface area (Å²) >= 11 is 0. The third-order valence-corrected chi connectivity index (χ3v) is 2.50. The molecule has 0 aliphatic carbocycles. The van der Waals surface area contributed by atoms with E-state index in [-0.39, 0.29) is 0 Å². The Kier molecular flexibility index (Phi) is 7.53. The van der Waals surface area contributed by atoms with Gasteiger partial charge in [0.15, 0.2) is 18.1 Å². The van der Waals surface area contributed by atoms with Gasteiger partial charge in [0.05, 0.1) is 13.2 Å². The third kappa shape index (κ3) is 6.30. The number of carbonyl (C=O) groups is 2. The molecule has 0 unspecified atom stereocenters. The molecule has 0 aromatic heterocycles. The SMILES string of the molecule is CCCOc1ccc(/C=C/C(=O)OCC(N)=O)cc1OCC. The van der Waals surface area contributed by atoms with Crippen molar-refractivity contribution in [3.05, 3.63) is 29.8 Å². The van der Waals surface area contributed by atoms with Crippen molar-refractivity contribution in [2.45, 2.75) is 20.3 Å². The maximum absolute atomic E-state index is 11.4. The lowest BCUT2D eigenvalue weighted by molar-refractivity contribution is -0.142. The fourth-order valence-electron chi connectivity index (χ4n) is 1.58. The van der Waals surface area contributed by atoms with Crippen LogP contribution >= 0.6 is 0 Å². The zero-order valence-electron chi connectivity index (χ0n) is 12.8. The lowest BCUT2D eigenvalue weighted by Crippen LogP contribution is -2.19. The van der Waals surface area contributed by atoms with Crippen LogP contribution in [0.25, 0.3) is 6.08 Å². The zero-order valence-corrected chi connectivity index (χ0v) is 12.8. The number of hydrogen-bond acceptors (Lipinski definition) is 5. The van der Waals surface area contributed by atoms with Crippen LogP contribution in [-0.2, 0) is 14.3 Å². The second-order valence-electron chi connectivity index (χ2n) is 4.40. The van der Waals surface area contributed by atoms with Crippen molar-refractivity contribution in [1.82, 2.24) is 0 Å². The van der Waals surface area contributed by atoms with E-state index in [1.807, 2.05) is 13.8 Å². The minimum absolute atomic E-state index is 0.433. The first-order valence-electron chi connectivity index (χ1n) is 7.09. The number of benzene rings is 1. The van der Waals surface area contributed by atoms with Gasteiger partial charge in [-0.3, -0.25) is 4.79 Å². The molecule has 0 bridgehead atoms. The van der Waals surface area contributed by atoms with E-state index in [4.69, 9.17) is 15.2 Å². The van der Waals surface area contributed by atoms with Crippen molar-refractivity contribution in [1.29, 1.82) is 0 Å². The van der Waals surface area contributed by atoms with Crippen molar-refractivity contribution in [3.63, 3.8) is 0 Å². The van der Waals surface area contributed by atoms with Crippen LogP contribution in [-0.4, -0.2) is 31.7 Å². The molecule has 120 valence electrons. The number of esters is 1. The van der Waals surface area contributed by atoms with Crippen LogP contribution in [0.2, 0.25) is 0 Å². The van der Waals surface area contributed by atoms with Gasteiger partial charge in [-0.25, -0.2) is 4.79 Å². The largest absolute Gasteiger partial charge is 0.490 e. The molecule has 0 heterocycles. The maximum atomic E-state index is 11.4. The molecule has 1 aromatic carbocycles. The lowest BCUT2D eigenvalue weighted by atomic mass is 10.2. The summed E-state index contributed by atoms with van der Waals surface area (Å²) in [5.74, 6) is -0.0540. The van der Waals surface area contributed by atoms with Crippen LogP contribution in [0.4, 0.5) is 0 Å². The Morgan fingerprint density at radius 1 is 1.18 bits per heavy atom. The summed E-state index contributed by atoms with van der Waals surface area (Å²) in [4.78, 5) is 21.9. The van der Waals surface area contributed by atoms with Crippen LogP contribution in [0.1, 0.15) is 25.8 Å². The van der Waals surface area contributed by atoms with E-state index in [0.29, 0.717) is 24.7 Å². The maximum Gasteiger partial charge on any atom is 0.331 e. The van der Waals surface area contributed by atoms with Crippen LogP contribution in [0.15, 0.2) is 24.3 Å². The topological polar surface area (TPSA) is 87.9 Å². The molecule has 2 N–H and O–H groups in total. The Morgan fingerprint density at radius 3 is 2.59 bits per heavy atom. The number of primary amides is 1. The van der Waals surface area contributed by atoms with Gasteiger partial charge in [-0.05, 0) is 37.1 Å². The number of nitrogens with two attached hydrogens (primary N) is 1. The molecule has 6 heteroatoms. The molecule has 0 aliphatic rings. The summed E-state index contributed by atoms with van der Waals surface area (Å²) in [7, 11) is 0. The molecule has 0 radical (unpaired) electrons. The Hall–Kier alpha value is -2.50. The van der Waals surface area contributed by atoms with E-state index in [2.05, 4.69) is 4.74 Å². The molecule has 0 aliphatic heterocycles. The van der Waals surface area contributed by atoms with Gasteiger partial charge in [-0.1, -0.05) is 13.0 Å². The normalized spacial score (nSPS) is 10.5. The fraction of sp³-hybridized carbons (Fsp3) is 0.375.